The van der Waals surface area contributed by atoms with Gasteiger partial charge in [0.25, 0.3) is 0 Å². The molecule has 0 radical (unpaired) electrons. The third-order valence-electron chi connectivity index (χ3n) is 2.73. The fourth-order valence-corrected chi connectivity index (χ4v) is 3.37. The summed E-state index contributed by atoms with van der Waals surface area (Å²) < 4.78 is 12.1. The van der Waals surface area contributed by atoms with E-state index in [1.165, 1.54) is 12.2 Å². The molecule has 0 aliphatic carbocycles. The number of carbonyl (C=O) groups excluding carboxylic acids is 2. The second-order valence-electron chi connectivity index (χ2n) is 4.46. The van der Waals surface area contributed by atoms with Crippen molar-refractivity contribution >= 4 is 46.3 Å². The van der Waals surface area contributed by atoms with E-state index in [0.717, 1.165) is 0 Å². The fraction of sp³-hybridized carbons (Fsp3) is 0.500. The lowest BCUT2D eigenvalue weighted by Gasteiger charge is -2.27. The minimum Gasteiger partial charge on any atom is -0.317 e. The molecule has 0 unspecified atom stereocenters. The minimum absolute atomic E-state index is 0.0588. The van der Waals surface area contributed by atoms with E-state index < -0.39 is 32.1 Å². The van der Waals surface area contributed by atoms with Gasteiger partial charge in [-0.2, -0.15) is 25.3 Å². The highest BCUT2D eigenvalue weighted by Crippen LogP contribution is 2.19. The summed E-state index contributed by atoms with van der Waals surface area (Å²) in [5.74, 6) is -0.118. The second-order valence-corrected chi connectivity index (χ2v) is 6.37. The molecule has 0 aliphatic rings. The van der Waals surface area contributed by atoms with Crippen LogP contribution in [-0.2, 0) is 20.4 Å². The van der Waals surface area contributed by atoms with Crippen LogP contribution in [0.4, 0.5) is 0 Å². The zero-order valence-electron chi connectivity index (χ0n) is 11.1. The van der Waals surface area contributed by atoms with Gasteiger partial charge in [0.05, 0.1) is 0 Å². The molecule has 0 spiro atoms. The van der Waals surface area contributed by atoms with Crippen molar-refractivity contribution in [3.8, 4) is 0 Å². The standard InChI is InChI=1S/C12H20N2O3S3/c1-3-5-11(13,7-18)9(15)20(17)10(16)12(14,8-19)6-4-2/h3-4,18-19H,1-2,5-8,13-14H2/t11-,12-/m0/s1. The van der Waals surface area contributed by atoms with Crippen LogP contribution < -0.4 is 11.5 Å². The van der Waals surface area contributed by atoms with E-state index in [4.69, 9.17) is 11.5 Å². The van der Waals surface area contributed by atoms with Crippen LogP contribution in [0, 0.1) is 0 Å². The Kier molecular flexibility index (Phi) is 7.97. The Morgan fingerprint density at radius 2 is 1.30 bits per heavy atom. The maximum absolute atomic E-state index is 12.1. The van der Waals surface area contributed by atoms with E-state index in [9.17, 15) is 13.8 Å². The molecule has 20 heavy (non-hydrogen) atoms. The van der Waals surface area contributed by atoms with Gasteiger partial charge < -0.3 is 11.5 Å². The molecule has 0 aromatic rings. The van der Waals surface area contributed by atoms with Gasteiger partial charge in [-0.25, -0.2) is 4.21 Å². The van der Waals surface area contributed by atoms with Gasteiger partial charge in [-0.1, -0.05) is 12.2 Å². The average Bonchev–Trinajstić information content (AvgIpc) is 2.45. The van der Waals surface area contributed by atoms with Gasteiger partial charge in [-0.05, 0) is 12.8 Å². The molecule has 0 saturated carbocycles. The first-order valence-corrected chi connectivity index (χ1v) is 8.15. The Hall–Kier alpha value is -0.410. The number of carbonyl (C=O) groups is 2. The first-order chi connectivity index (χ1) is 9.22. The highest BCUT2D eigenvalue weighted by atomic mass is 32.2. The molecule has 0 heterocycles. The monoisotopic (exact) mass is 336 g/mol. The van der Waals surface area contributed by atoms with Crippen molar-refractivity contribution in [2.45, 2.75) is 23.9 Å². The van der Waals surface area contributed by atoms with Crippen molar-refractivity contribution in [1.29, 1.82) is 0 Å². The summed E-state index contributed by atoms with van der Waals surface area (Å²) in [4.78, 5) is 24.3. The van der Waals surface area contributed by atoms with Crippen molar-refractivity contribution in [3.05, 3.63) is 25.3 Å². The van der Waals surface area contributed by atoms with Crippen LogP contribution in [0.3, 0.4) is 0 Å². The summed E-state index contributed by atoms with van der Waals surface area (Å²) in [6.45, 7) is 6.95. The Labute approximate surface area is 132 Å². The zero-order valence-corrected chi connectivity index (χ0v) is 13.7. The molecule has 8 heteroatoms. The number of hydrogen-bond acceptors (Lipinski definition) is 7. The molecule has 2 atom stereocenters. The Balaban J connectivity index is 5.34. The quantitative estimate of drug-likeness (QED) is 0.374. The zero-order chi connectivity index (χ0) is 16.0. The molecule has 0 aromatic heterocycles. The highest BCUT2D eigenvalue weighted by Gasteiger charge is 2.44. The van der Waals surface area contributed by atoms with Crippen molar-refractivity contribution in [2.75, 3.05) is 11.5 Å². The Bertz CT molecular complexity index is 404. The lowest BCUT2D eigenvalue weighted by molar-refractivity contribution is -0.118. The molecule has 0 aliphatic heterocycles. The van der Waals surface area contributed by atoms with Crippen molar-refractivity contribution in [3.63, 3.8) is 0 Å². The summed E-state index contributed by atoms with van der Waals surface area (Å²) in [6.07, 6.45) is 2.95. The van der Waals surface area contributed by atoms with Crippen molar-refractivity contribution in [1.82, 2.24) is 0 Å². The van der Waals surface area contributed by atoms with Gasteiger partial charge in [-0.3, -0.25) is 9.59 Å². The van der Waals surface area contributed by atoms with Gasteiger partial charge in [0.2, 0.25) is 10.2 Å². The largest absolute Gasteiger partial charge is 0.317 e. The topological polar surface area (TPSA) is 103 Å². The van der Waals surface area contributed by atoms with E-state index in [1.54, 1.807) is 0 Å². The van der Waals surface area contributed by atoms with Crippen molar-refractivity contribution < 1.29 is 13.8 Å². The highest BCUT2D eigenvalue weighted by molar-refractivity contribution is 8.13. The van der Waals surface area contributed by atoms with E-state index in [0.29, 0.717) is 0 Å². The molecule has 4 N–H and O–H groups in total. The van der Waals surface area contributed by atoms with Crippen LogP contribution in [0.15, 0.2) is 25.3 Å². The van der Waals surface area contributed by atoms with Crippen LogP contribution in [0.5, 0.6) is 0 Å². The smallest absolute Gasteiger partial charge is 0.247 e. The molecule has 5 nitrogen and oxygen atoms in total. The third-order valence-corrected chi connectivity index (χ3v) is 5.35. The van der Waals surface area contributed by atoms with Crippen LogP contribution in [-0.4, -0.2) is 37.0 Å². The summed E-state index contributed by atoms with van der Waals surface area (Å²) in [6, 6.07) is 0. The molecular formula is C12H20N2O3S3. The predicted octanol–water partition coefficient (Wildman–Crippen LogP) is 0.195. The molecule has 0 bridgehead atoms. The molecule has 0 saturated heterocycles. The molecule has 0 rings (SSSR count). The Morgan fingerprint density at radius 1 is 1.00 bits per heavy atom. The van der Waals surface area contributed by atoms with Gasteiger partial charge in [-0.15, -0.1) is 13.2 Å². The molecule has 0 amide bonds. The maximum atomic E-state index is 12.1. The minimum atomic E-state index is -2.47. The van der Waals surface area contributed by atoms with E-state index in [2.05, 4.69) is 38.4 Å². The van der Waals surface area contributed by atoms with Gasteiger partial charge in [0, 0.05) is 11.5 Å². The number of hydrogen-bond donors (Lipinski definition) is 4. The van der Waals surface area contributed by atoms with E-state index >= 15 is 0 Å². The molecule has 0 fully saturated rings. The van der Waals surface area contributed by atoms with Crippen LogP contribution >= 0.6 is 25.3 Å². The lowest BCUT2D eigenvalue weighted by atomic mass is 10.0. The van der Waals surface area contributed by atoms with E-state index in [1.807, 2.05) is 0 Å². The third kappa shape index (κ3) is 4.29. The average molecular weight is 337 g/mol. The molecule has 0 aromatic carbocycles. The summed E-state index contributed by atoms with van der Waals surface area (Å²) in [5.41, 5.74) is 8.65. The SMILES string of the molecule is C=CC[C@](N)(CS)C(=O)S(=O)C(=O)[C@@](N)(CS)CC=C. The Morgan fingerprint density at radius 3 is 1.50 bits per heavy atom. The maximum Gasteiger partial charge on any atom is 0.247 e. The first kappa shape index (κ1) is 19.6. The second kappa shape index (κ2) is 8.14. The van der Waals surface area contributed by atoms with Gasteiger partial charge >= 0.3 is 0 Å². The lowest BCUT2D eigenvalue weighted by Crippen LogP contribution is -2.57. The van der Waals surface area contributed by atoms with Crippen LogP contribution in [0.1, 0.15) is 12.8 Å². The number of nitrogens with two attached hydrogens (primary N) is 2. The van der Waals surface area contributed by atoms with E-state index in [-0.39, 0.29) is 24.3 Å². The number of rotatable bonds is 8. The fourth-order valence-electron chi connectivity index (χ4n) is 1.39. The predicted molar refractivity (Wildman–Crippen MR) is 89.3 cm³/mol. The summed E-state index contributed by atoms with van der Waals surface area (Å²) >= 11 is 7.95. The molecular weight excluding hydrogens is 316 g/mol. The van der Waals surface area contributed by atoms with Gasteiger partial charge in [0.1, 0.15) is 11.1 Å². The van der Waals surface area contributed by atoms with Crippen LogP contribution in [0.2, 0.25) is 0 Å². The summed E-state index contributed by atoms with van der Waals surface area (Å²) in [7, 11) is -2.47. The normalized spacial score (nSPS) is 17.1. The van der Waals surface area contributed by atoms with Gasteiger partial charge in [0.15, 0.2) is 10.8 Å². The summed E-state index contributed by atoms with van der Waals surface area (Å²) in [5, 5.41) is -1.81. The molecule has 114 valence electrons. The van der Waals surface area contributed by atoms with Crippen LogP contribution in [0.25, 0.3) is 0 Å². The van der Waals surface area contributed by atoms with Crippen molar-refractivity contribution in [2.24, 2.45) is 11.5 Å². The number of thiol groups is 2. The first-order valence-electron chi connectivity index (χ1n) is 5.74.